The molecule has 0 fully saturated rings. The van der Waals surface area contributed by atoms with Gasteiger partial charge in [-0.25, -0.2) is 0 Å². The van der Waals surface area contributed by atoms with Crippen LogP contribution in [0.15, 0.2) is 42.7 Å². The number of hydrogen-bond acceptors (Lipinski definition) is 4. The first-order valence-electron chi connectivity index (χ1n) is 7.24. The Morgan fingerprint density at radius 1 is 1.25 bits per heavy atom. The van der Waals surface area contributed by atoms with E-state index in [1.807, 2.05) is 32.0 Å². The number of aromatic nitrogens is 1. The van der Waals surface area contributed by atoms with Gasteiger partial charge in [0, 0.05) is 35.6 Å². The van der Waals surface area contributed by atoms with E-state index >= 15 is 0 Å². The lowest BCUT2D eigenvalue weighted by Gasteiger charge is -2.38. The third-order valence-electron chi connectivity index (χ3n) is 3.74. The van der Waals surface area contributed by atoms with Gasteiger partial charge in [0.15, 0.2) is 0 Å². The van der Waals surface area contributed by atoms with Crippen LogP contribution in [0.2, 0.25) is 0 Å². The topological polar surface area (TPSA) is 77.2 Å². The molecule has 2 heterocycles. The van der Waals surface area contributed by atoms with Gasteiger partial charge in [0.2, 0.25) is 0 Å². The van der Waals surface area contributed by atoms with Crippen LogP contribution in [0.1, 0.15) is 42.2 Å². The summed E-state index contributed by atoms with van der Waals surface area (Å²) in [5.74, 6) is 0.643. The minimum atomic E-state index is -0.348. The van der Waals surface area contributed by atoms with E-state index in [0.717, 1.165) is 11.3 Å². The first kappa shape index (κ1) is 20.1. The number of nitrogens with zero attached hydrogens (tertiary/aromatic N) is 1. The maximum absolute atomic E-state index is 12.4. The smallest absolute Gasteiger partial charge is 0.251 e. The Hall–Kier alpha value is -1.98. The van der Waals surface area contributed by atoms with Crippen LogP contribution in [0.3, 0.4) is 0 Å². The standard InChI is InChI=1S/C17H19N3O2.2ClH/c1-17(2)10-14(13-9-12(18)3-4-15(13)22-17)20-16(21)11-5-7-19-8-6-11;;/h3-9,14H,10,18H2,1-2H3,(H,20,21);2*1H. The average Bonchev–Trinajstić information content (AvgIpc) is 2.48. The fourth-order valence-electron chi connectivity index (χ4n) is 2.75. The van der Waals surface area contributed by atoms with Crippen LogP contribution in [-0.2, 0) is 0 Å². The number of nitrogens with two attached hydrogens (primary N) is 1. The van der Waals surface area contributed by atoms with Crippen LogP contribution < -0.4 is 15.8 Å². The zero-order valence-electron chi connectivity index (χ0n) is 13.5. The van der Waals surface area contributed by atoms with Crippen LogP contribution in [0, 0.1) is 0 Å². The summed E-state index contributed by atoms with van der Waals surface area (Å²) in [4.78, 5) is 16.3. The Morgan fingerprint density at radius 2 is 1.92 bits per heavy atom. The molecule has 0 saturated heterocycles. The van der Waals surface area contributed by atoms with Crippen molar-refractivity contribution in [2.24, 2.45) is 0 Å². The normalized spacial score (nSPS) is 17.3. The number of halogens is 2. The van der Waals surface area contributed by atoms with Crippen LogP contribution in [0.25, 0.3) is 0 Å². The second kappa shape index (κ2) is 7.73. The van der Waals surface area contributed by atoms with Crippen molar-refractivity contribution in [2.45, 2.75) is 31.9 Å². The molecular weight excluding hydrogens is 349 g/mol. The molecule has 130 valence electrons. The summed E-state index contributed by atoms with van der Waals surface area (Å²) in [5.41, 5.74) is 7.69. The van der Waals surface area contributed by atoms with E-state index in [0.29, 0.717) is 17.7 Å². The van der Waals surface area contributed by atoms with Gasteiger partial charge in [-0.05, 0) is 44.2 Å². The molecule has 1 aliphatic heterocycles. The molecule has 0 aliphatic carbocycles. The van der Waals surface area contributed by atoms with Crippen LogP contribution in [0.4, 0.5) is 5.69 Å². The van der Waals surface area contributed by atoms with E-state index in [1.165, 1.54) is 0 Å². The zero-order valence-corrected chi connectivity index (χ0v) is 15.1. The quantitative estimate of drug-likeness (QED) is 0.793. The van der Waals surface area contributed by atoms with Crippen molar-refractivity contribution >= 4 is 36.4 Å². The number of benzene rings is 1. The van der Waals surface area contributed by atoms with Gasteiger partial charge < -0.3 is 15.8 Å². The SMILES string of the molecule is CC1(C)CC(NC(=O)c2ccncc2)c2cc(N)ccc2O1.Cl.Cl. The predicted molar refractivity (Wildman–Crippen MR) is 99.1 cm³/mol. The number of rotatable bonds is 2. The monoisotopic (exact) mass is 369 g/mol. The summed E-state index contributed by atoms with van der Waals surface area (Å²) in [5, 5.41) is 3.07. The number of hydrogen-bond donors (Lipinski definition) is 2. The van der Waals surface area contributed by atoms with Gasteiger partial charge in [0.25, 0.3) is 5.91 Å². The molecule has 0 radical (unpaired) electrons. The van der Waals surface area contributed by atoms with Gasteiger partial charge in [-0.1, -0.05) is 0 Å². The predicted octanol–water partition coefficient (Wildman–Crippen LogP) is 3.54. The van der Waals surface area contributed by atoms with Gasteiger partial charge in [0.05, 0.1) is 6.04 Å². The molecule has 24 heavy (non-hydrogen) atoms. The molecular formula is C17H21Cl2N3O2. The van der Waals surface area contributed by atoms with Gasteiger partial charge in [-0.3, -0.25) is 9.78 Å². The number of pyridine rings is 1. The summed E-state index contributed by atoms with van der Waals surface area (Å²) in [6, 6.07) is 8.78. The molecule has 1 aromatic heterocycles. The molecule has 1 aromatic carbocycles. The molecule has 0 spiro atoms. The lowest BCUT2D eigenvalue weighted by atomic mass is 9.89. The van der Waals surface area contributed by atoms with E-state index in [9.17, 15) is 4.79 Å². The first-order chi connectivity index (χ1) is 10.4. The number of nitrogen functional groups attached to an aromatic ring is 1. The van der Waals surface area contributed by atoms with E-state index in [1.54, 1.807) is 24.5 Å². The number of carbonyl (C=O) groups excluding carboxylic acids is 1. The lowest BCUT2D eigenvalue weighted by molar-refractivity contribution is 0.0620. The van der Waals surface area contributed by atoms with Crippen molar-refractivity contribution in [1.29, 1.82) is 0 Å². The van der Waals surface area contributed by atoms with Crippen molar-refractivity contribution in [3.8, 4) is 5.75 Å². The van der Waals surface area contributed by atoms with E-state index < -0.39 is 0 Å². The van der Waals surface area contributed by atoms with Crippen molar-refractivity contribution in [2.75, 3.05) is 5.73 Å². The Bertz CT molecular complexity index is 708. The Balaban J connectivity index is 0.00000144. The zero-order chi connectivity index (χ0) is 15.7. The Morgan fingerprint density at radius 3 is 2.58 bits per heavy atom. The molecule has 3 N–H and O–H groups in total. The maximum Gasteiger partial charge on any atom is 0.251 e. The number of anilines is 1. The minimum Gasteiger partial charge on any atom is -0.487 e. The van der Waals surface area contributed by atoms with Gasteiger partial charge in [-0.2, -0.15) is 0 Å². The summed E-state index contributed by atoms with van der Waals surface area (Å²) in [7, 11) is 0. The number of nitrogens with one attached hydrogen (secondary N) is 1. The van der Waals surface area contributed by atoms with Crippen LogP contribution >= 0.6 is 24.8 Å². The largest absolute Gasteiger partial charge is 0.487 e. The highest BCUT2D eigenvalue weighted by Crippen LogP contribution is 2.40. The van der Waals surface area contributed by atoms with E-state index in [2.05, 4.69) is 10.3 Å². The Kier molecular flexibility index (Phi) is 6.46. The summed E-state index contributed by atoms with van der Waals surface area (Å²) in [6.45, 7) is 4.02. The van der Waals surface area contributed by atoms with Crippen molar-refractivity contribution in [3.05, 3.63) is 53.9 Å². The summed E-state index contributed by atoms with van der Waals surface area (Å²) < 4.78 is 5.97. The van der Waals surface area contributed by atoms with E-state index in [4.69, 9.17) is 10.5 Å². The molecule has 1 aliphatic rings. The molecule has 1 amide bonds. The summed E-state index contributed by atoms with van der Waals surface area (Å²) >= 11 is 0. The molecule has 0 saturated carbocycles. The van der Waals surface area contributed by atoms with E-state index in [-0.39, 0.29) is 42.4 Å². The van der Waals surface area contributed by atoms with Crippen molar-refractivity contribution < 1.29 is 9.53 Å². The van der Waals surface area contributed by atoms with Gasteiger partial charge in [0.1, 0.15) is 11.4 Å². The molecule has 5 nitrogen and oxygen atoms in total. The number of amides is 1. The average molecular weight is 370 g/mol. The Labute approximate surface area is 153 Å². The van der Waals surface area contributed by atoms with Crippen molar-refractivity contribution in [1.82, 2.24) is 10.3 Å². The number of ether oxygens (including phenoxy) is 1. The minimum absolute atomic E-state index is 0. The molecule has 0 bridgehead atoms. The third kappa shape index (κ3) is 4.30. The maximum atomic E-state index is 12.4. The molecule has 3 rings (SSSR count). The molecule has 1 unspecified atom stereocenters. The highest BCUT2D eigenvalue weighted by atomic mass is 35.5. The highest BCUT2D eigenvalue weighted by Gasteiger charge is 2.34. The fourth-order valence-corrected chi connectivity index (χ4v) is 2.75. The fraction of sp³-hybridized carbons (Fsp3) is 0.294. The first-order valence-corrected chi connectivity index (χ1v) is 7.24. The lowest BCUT2D eigenvalue weighted by Crippen LogP contribution is -2.41. The van der Waals surface area contributed by atoms with Crippen LogP contribution in [-0.4, -0.2) is 16.5 Å². The number of carbonyl (C=O) groups is 1. The second-order valence-electron chi connectivity index (χ2n) is 6.13. The number of fused-ring (bicyclic) bond motifs is 1. The van der Waals surface area contributed by atoms with Crippen LogP contribution in [0.5, 0.6) is 5.75 Å². The van der Waals surface area contributed by atoms with Gasteiger partial charge in [-0.15, -0.1) is 24.8 Å². The highest BCUT2D eigenvalue weighted by molar-refractivity contribution is 5.94. The molecule has 2 aromatic rings. The van der Waals surface area contributed by atoms with Gasteiger partial charge >= 0.3 is 0 Å². The van der Waals surface area contributed by atoms with Crippen molar-refractivity contribution in [3.63, 3.8) is 0 Å². The third-order valence-corrected chi connectivity index (χ3v) is 3.74. The summed E-state index contributed by atoms with van der Waals surface area (Å²) in [6.07, 6.45) is 3.89. The molecule has 7 heteroatoms. The molecule has 1 atom stereocenters. The second-order valence-corrected chi connectivity index (χ2v) is 6.13.